The Morgan fingerprint density at radius 1 is 1.32 bits per heavy atom. The number of β-lactam (4-membered cyclic amide) rings is 1. The minimum absolute atomic E-state index is 0.0949. The van der Waals surface area contributed by atoms with Gasteiger partial charge in [0.2, 0.25) is 0 Å². The van der Waals surface area contributed by atoms with Crippen LogP contribution in [0.3, 0.4) is 0 Å². The second-order valence-electron chi connectivity index (χ2n) is 5.02. The van der Waals surface area contributed by atoms with Gasteiger partial charge in [-0.05, 0) is 25.3 Å². The Hall–Kier alpha value is -1.28. The summed E-state index contributed by atoms with van der Waals surface area (Å²) in [5.74, 6) is 0.0949. The zero-order valence-electron chi connectivity index (χ0n) is 11.5. The summed E-state index contributed by atoms with van der Waals surface area (Å²) < 4.78 is 0. The molecule has 0 aromatic heterocycles. The third-order valence-electron chi connectivity index (χ3n) is 3.61. The molecule has 3 heteroatoms. The van der Waals surface area contributed by atoms with Crippen LogP contribution in [0.5, 0.6) is 0 Å². The van der Waals surface area contributed by atoms with Gasteiger partial charge in [-0.2, -0.15) is 0 Å². The van der Waals surface area contributed by atoms with Crippen molar-refractivity contribution in [1.82, 2.24) is 4.90 Å². The monoisotopic (exact) mass is 277 g/mol. The van der Waals surface area contributed by atoms with Crippen LogP contribution < -0.4 is 0 Å². The van der Waals surface area contributed by atoms with Crippen LogP contribution in [-0.2, 0) is 11.3 Å². The second-order valence-corrected chi connectivity index (χ2v) is 5.47. The summed E-state index contributed by atoms with van der Waals surface area (Å²) in [5.41, 5.74) is 1.97. The molecular formula is C16H20ClNO. The maximum absolute atomic E-state index is 12.2. The van der Waals surface area contributed by atoms with Crippen molar-refractivity contribution < 1.29 is 4.79 Å². The molecular weight excluding hydrogens is 258 g/mol. The van der Waals surface area contributed by atoms with E-state index < -0.39 is 0 Å². The summed E-state index contributed by atoms with van der Waals surface area (Å²) in [6.45, 7) is 4.85. The Morgan fingerprint density at radius 3 is 2.58 bits per heavy atom. The summed E-state index contributed by atoms with van der Waals surface area (Å²) in [5, 5.41) is 0.753. The molecule has 0 radical (unpaired) electrons. The van der Waals surface area contributed by atoms with E-state index in [0.717, 1.165) is 35.4 Å². The van der Waals surface area contributed by atoms with Gasteiger partial charge in [-0.3, -0.25) is 4.79 Å². The van der Waals surface area contributed by atoms with E-state index in [0.29, 0.717) is 6.54 Å². The number of allylic oxidation sites excluding steroid dienone is 1. The predicted molar refractivity (Wildman–Crippen MR) is 78.9 cm³/mol. The molecule has 0 N–H and O–H groups in total. The van der Waals surface area contributed by atoms with E-state index in [9.17, 15) is 4.79 Å². The van der Waals surface area contributed by atoms with Gasteiger partial charge >= 0.3 is 0 Å². The van der Waals surface area contributed by atoms with Crippen molar-refractivity contribution in [3.63, 3.8) is 0 Å². The lowest BCUT2D eigenvalue weighted by Crippen LogP contribution is -2.53. The quantitative estimate of drug-likeness (QED) is 0.586. The van der Waals surface area contributed by atoms with Crippen molar-refractivity contribution in [1.29, 1.82) is 0 Å². The number of hydrogen-bond acceptors (Lipinski definition) is 1. The van der Waals surface area contributed by atoms with Gasteiger partial charge in [-0.1, -0.05) is 55.3 Å². The van der Waals surface area contributed by atoms with Crippen LogP contribution in [0.15, 0.2) is 40.9 Å². The average Bonchev–Trinajstić information content (AvgIpc) is 2.44. The number of rotatable bonds is 5. The molecule has 1 fully saturated rings. The van der Waals surface area contributed by atoms with E-state index in [4.69, 9.17) is 11.6 Å². The lowest BCUT2D eigenvalue weighted by atomic mass is 9.93. The summed E-state index contributed by atoms with van der Waals surface area (Å²) in [4.78, 5) is 14.0. The van der Waals surface area contributed by atoms with Gasteiger partial charge in [0.05, 0.1) is 11.6 Å². The van der Waals surface area contributed by atoms with Crippen molar-refractivity contribution in [2.24, 2.45) is 0 Å². The van der Waals surface area contributed by atoms with Crippen molar-refractivity contribution in [2.75, 3.05) is 0 Å². The first-order valence-corrected chi connectivity index (χ1v) is 7.26. The fourth-order valence-corrected chi connectivity index (χ4v) is 2.77. The van der Waals surface area contributed by atoms with Crippen molar-refractivity contribution in [3.8, 4) is 0 Å². The molecule has 1 atom stereocenters. The lowest BCUT2D eigenvalue weighted by molar-refractivity contribution is -0.137. The molecule has 1 aromatic rings. The highest BCUT2D eigenvalue weighted by atomic mass is 35.5. The van der Waals surface area contributed by atoms with Gasteiger partial charge in [-0.15, -0.1) is 0 Å². The van der Waals surface area contributed by atoms with Gasteiger partial charge in [-0.25, -0.2) is 0 Å². The van der Waals surface area contributed by atoms with Crippen LogP contribution in [0, 0.1) is 0 Å². The van der Waals surface area contributed by atoms with Crippen LogP contribution in [0.4, 0.5) is 0 Å². The molecule has 1 saturated heterocycles. The molecule has 2 rings (SSSR count). The molecule has 19 heavy (non-hydrogen) atoms. The summed E-state index contributed by atoms with van der Waals surface area (Å²) in [6, 6.07) is 10.2. The van der Waals surface area contributed by atoms with Gasteiger partial charge in [0.15, 0.2) is 0 Å². The zero-order chi connectivity index (χ0) is 13.8. The van der Waals surface area contributed by atoms with Gasteiger partial charge in [0.25, 0.3) is 5.91 Å². The first-order valence-electron chi connectivity index (χ1n) is 6.88. The molecule has 2 nitrogen and oxygen atoms in total. The number of halogens is 1. The third-order valence-corrected chi connectivity index (χ3v) is 4.01. The minimum Gasteiger partial charge on any atom is -0.327 e. The van der Waals surface area contributed by atoms with Gasteiger partial charge in [0.1, 0.15) is 0 Å². The minimum atomic E-state index is 0.0949. The number of likely N-dealkylation sites (tertiary alicyclic amines) is 1. The third kappa shape index (κ3) is 3.01. The number of hydrogen-bond donors (Lipinski definition) is 0. The fourth-order valence-electron chi connectivity index (χ4n) is 2.40. The number of nitrogens with zero attached hydrogens (tertiary/aromatic N) is 1. The number of unbranched alkanes of at least 4 members (excludes halogenated alkanes) is 1. The number of benzene rings is 1. The SMILES string of the molecule is CCCC/C(Cl)=C1\C(=O)N(Cc2ccccc2)[C@@H]1C. The van der Waals surface area contributed by atoms with Crippen molar-refractivity contribution >= 4 is 17.5 Å². The topological polar surface area (TPSA) is 20.3 Å². The van der Waals surface area contributed by atoms with E-state index in [1.165, 1.54) is 0 Å². The Labute approximate surface area is 120 Å². The fraction of sp³-hybridized carbons (Fsp3) is 0.438. The second kappa shape index (κ2) is 6.25. The molecule has 0 bridgehead atoms. The molecule has 0 spiro atoms. The first-order chi connectivity index (χ1) is 9.15. The Kier molecular flexibility index (Phi) is 4.65. The first kappa shape index (κ1) is 14.1. The zero-order valence-corrected chi connectivity index (χ0v) is 12.3. The van der Waals surface area contributed by atoms with E-state index >= 15 is 0 Å². The van der Waals surface area contributed by atoms with E-state index in [1.807, 2.05) is 42.2 Å². The Balaban J connectivity index is 2.03. The molecule has 1 aliphatic rings. The number of carbonyl (C=O) groups is 1. The van der Waals surface area contributed by atoms with E-state index in [-0.39, 0.29) is 11.9 Å². The molecule has 0 aliphatic carbocycles. The van der Waals surface area contributed by atoms with Crippen molar-refractivity contribution in [2.45, 2.75) is 45.7 Å². The average molecular weight is 278 g/mol. The van der Waals surface area contributed by atoms with Crippen LogP contribution in [0.2, 0.25) is 0 Å². The van der Waals surface area contributed by atoms with E-state index in [1.54, 1.807) is 0 Å². The summed E-state index contributed by atoms with van der Waals surface area (Å²) in [7, 11) is 0. The highest BCUT2D eigenvalue weighted by molar-refractivity contribution is 6.32. The maximum Gasteiger partial charge on any atom is 0.253 e. The van der Waals surface area contributed by atoms with Gasteiger partial charge < -0.3 is 4.90 Å². The highest BCUT2D eigenvalue weighted by Gasteiger charge is 2.40. The smallest absolute Gasteiger partial charge is 0.253 e. The van der Waals surface area contributed by atoms with Crippen LogP contribution in [-0.4, -0.2) is 16.8 Å². The largest absolute Gasteiger partial charge is 0.327 e. The van der Waals surface area contributed by atoms with Crippen LogP contribution in [0.1, 0.15) is 38.7 Å². The molecule has 0 saturated carbocycles. The molecule has 1 amide bonds. The maximum atomic E-state index is 12.2. The van der Waals surface area contributed by atoms with Gasteiger partial charge in [0, 0.05) is 11.6 Å². The lowest BCUT2D eigenvalue weighted by Gasteiger charge is -2.41. The van der Waals surface area contributed by atoms with Crippen LogP contribution in [0.25, 0.3) is 0 Å². The molecule has 102 valence electrons. The van der Waals surface area contributed by atoms with Crippen molar-refractivity contribution in [3.05, 3.63) is 46.5 Å². The molecule has 1 aromatic carbocycles. The molecule has 1 aliphatic heterocycles. The Morgan fingerprint density at radius 2 is 2.00 bits per heavy atom. The molecule has 1 heterocycles. The predicted octanol–water partition coefficient (Wildman–Crippen LogP) is 4.10. The highest BCUT2D eigenvalue weighted by Crippen LogP contribution is 2.33. The Bertz CT molecular complexity index is 481. The number of amides is 1. The number of carbonyl (C=O) groups excluding carboxylic acids is 1. The van der Waals surface area contributed by atoms with Crippen LogP contribution >= 0.6 is 11.6 Å². The summed E-state index contributed by atoms with van der Waals surface area (Å²) in [6.07, 6.45) is 2.96. The summed E-state index contributed by atoms with van der Waals surface area (Å²) >= 11 is 6.25. The standard InChI is InChI=1S/C16H20ClNO/c1-3-4-10-14(17)15-12(2)18(16(15)19)11-13-8-6-5-7-9-13/h5-9,12H,3-4,10-11H2,1-2H3/b15-14+/t12-/m1/s1. The molecule has 0 unspecified atom stereocenters. The normalized spacial score (nSPS) is 21.3. The van der Waals surface area contributed by atoms with E-state index in [2.05, 4.69) is 6.92 Å².